The number of benzene rings is 1. The number of hydrogen-bond donors (Lipinski definition) is 3. The second-order valence-electron chi connectivity index (χ2n) is 9.07. The minimum absolute atomic E-state index is 0.0161. The van der Waals surface area contributed by atoms with E-state index < -0.39 is 11.1 Å². The lowest BCUT2D eigenvalue weighted by Crippen LogP contribution is -2.64. The number of carbonyl (C=O) groups excluding carboxylic acids is 1. The van der Waals surface area contributed by atoms with E-state index in [-0.39, 0.29) is 11.9 Å². The number of nitrogens with one attached hydrogen (secondary N) is 2. The van der Waals surface area contributed by atoms with Crippen LogP contribution in [0.5, 0.6) is 0 Å². The van der Waals surface area contributed by atoms with Crippen LogP contribution in [-0.2, 0) is 4.79 Å². The summed E-state index contributed by atoms with van der Waals surface area (Å²) in [5.74, 6) is 1.41. The standard InChI is InChI=1S/C20H26Cl2N2O2S/c1-19(2,24-27-15-5-3-4-14(21)16(15)22)18(25)23-17-12-6-11-7-13(17)10-20(26,8-11)9-12/h3-5,11-13,17,24,26H,6-10H2,1-2H3,(H,23,25). The first-order chi connectivity index (χ1) is 12.7. The predicted octanol–water partition coefficient (Wildman–Crippen LogP) is 4.42. The third kappa shape index (κ3) is 3.86. The topological polar surface area (TPSA) is 61.4 Å². The van der Waals surface area contributed by atoms with E-state index in [1.54, 1.807) is 6.07 Å². The maximum atomic E-state index is 13.0. The number of rotatable bonds is 5. The molecule has 3 N–H and O–H groups in total. The predicted molar refractivity (Wildman–Crippen MR) is 110 cm³/mol. The summed E-state index contributed by atoms with van der Waals surface area (Å²) in [6, 6.07) is 5.63. The lowest BCUT2D eigenvalue weighted by Gasteiger charge is -2.58. The molecule has 0 aliphatic heterocycles. The maximum Gasteiger partial charge on any atom is 0.240 e. The monoisotopic (exact) mass is 428 g/mol. The van der Waals surface area contributed by atoms with Crippen LogP contribution in [0.15, 0.2) is 23.1 Å². The van der Waals surface area contributed by atoms with Crippen LogP contribution in [-0.4, -0.2) is 28.2 Å². The van der Waals surface area contributed by atoms with E-state index >= 15 is 0 Å². The van der Waals surface area contributed by atoms with Crippen molar-refractivity contribution < 1.29 is 9.90 Å². The Morgan fingerprint density at radius 3 is 2.52 bits per heavy atom. The molecule has 0 heterocycles. The Morgan fingerprint density at radius 1 is 1.22 bits per heavy atom. The molecule has 4 aliphatic rings. The van der Waals surface area contributed by atoms with Crippen molar-refractivity contribution in [3.05, 3.63) is 28.2 Å². The highest BCUT2D eigenvalue weighted by Crippen LogP contribution is 2.55. The Bertz CT molecular complexity index is 741. The fourth-order valence-electron chi connectivity index (χ4n) is 5.34. The zero-order valence-electron chi connectivity index (χ0n) is 15.6. The summed E-state index contributed by atoms with van der Waals surface area (Å²) in [6.07, 6.45) is 4.86. The first-order valence-corrected chi connectivity index (χ1v) is 11.2. The van der Waals surface area contributed by atoms with Gasteiger partial charge in [0.15, 0.2) is 0 Å². The van der Waals surface area contributed by atoms with Gasteiger partial charge in [-0.15, -0.1) is 0 Å². The van der Waals surface area contributed by atoms with Gasteiger partial charge < -0.3 is 10.4 Å². The van der Waals surface area contributed by atoms with Gasteiger partial charge in [-0.3, -0.25) is 4.79 Å². The molecule has 1 amide bonds. The van der Waals surface area contributed by atoms with Gasteiger partial charge in [-0.1, -0.05) is 29.3 Å². The molecule has 0 saturated heterocycles. The van der Waals surface area contributed by atoms with Crippen molar-refractivity contribution >= 4 is 41.1 Å². The second-order valence-corrected chi connectivity index (χ2v) is 10.7. The maximum absolute atomic E-state index is 13.0. The van der Waals surface area contributed by atoms with Crippen LogP contribution in [0.25, 0.3) is 0 Å². The normalized spacial score (nSPS) is 34.7. The van der Waals surface area contributed by atoms with E-state index in [1.165, 1.54) is 11.9 Å². The van der Waals surface area contributed by atoms with Crippen molar-refractivity contribution in [1.82, 2.24) is 10.0 Å². The van der Waals surface area contributed by atoms with E-state index in [0.29, 0.717) is 27.8 Å². The highest BCUT2D eigenvalue weighted by Gasteiger charge is 2.55. The Balaban J connectivity index is 1.39. The van der Waals surface area contributed by atoms with Crippen LogP contribution >= 0.6 is 35.1 Å². The lowest BCUT2D eigenvalue weighted by molar-refractivity contribution is -0.148. The van der Waals surface area contributed by atoms with Gasteiger partial charge in [0.2, 0.25) is 5.91 Å². The van der Waals surface area contributed by atoms with E-state index in [0.717, 1.165) is 37.0 Å². The van der Waals surface area contributed by atoms with Crippen molar-refractivity contribution in [2.24, 2.45) is 17.8 Å². The lowest BCUT2D eigenvalue weighted by atomic mass is 9.52. The van der Waals surface area contributed by atoms with Crippen LogP contribution < -0.4 is 10.0 Å². The molecule has 2 atom stereocenters. The van der Waals surface area contributed by atoms with Gasteiger partial charge in [-0.05, 0) is 87.8 Å². The average Bonchev–Trinajstić information content (AvgIpc) is 2.57. The summed E-state index contributed by atoms with van der Waals surface area (Å²) in [4.78, 5) is 13.8. The fraction of sp³-hybridized carbons (Fsp3) is 0.650. The minimum Gasteiger partial charge on any atom is -0.390 e. The molecule has 5 rings (SSSR count). The van der Waals surface area contributed by atoms with Gasteiger partial charge >= 0.3 is 0 Å². The van der Waals surface area contributed by atoms with Crippen molar-refractivity contribution in [3.63, 3.8) is 0 Å². The highest BCUT2D eigenvalue weighted by molar-refractivity contribution is 7.97. The number of hydrogen-bond acceptors (Lipinski definition) is 4. The Labute approximate surface area is 174 Å². The van der Waals surface area contributed by atoms with Crippen LogP contribution in [0.2, 0.25) is 10.0 Å². The van der Waals surface area contributed by atoms with Gasteiger partial charge in [0.1, 0.15) is 5.54 Å². The molecule has 0 radical (unpaired) electrons. The molecule has 1 aromatic rings. The molecular weight excluding hydrogens is 403 g/mol. The van der Waals surface area contributed by atoms with Gasteiger partial charge in [0, 0.05) is 10.9 Å². The largest absolute Gasteiger partial charge is 0.390 e. The number of carbonyl (C=O) groups is 1. The van der Waals surface area contributed by atoms with Crippen molar-refractivity contribution in [1.29, 1.82) is 0 Å². The number of amides is 1. The SMILES string of the molecule is CC(C)(NSc1cccc(Cl)c1Cl)C(=O)NC1C2CC3CC1CC(O)(C3)C2. The van der Waals surface area contributed by atoms with Gasteiger partial charge in [-0.25, -0.2) is 4.72 Å². The third-order valence-electron chi connectivity index (χ3n) is 6.44. The molecule has 4 saturated carbocycles. The summed E-state index contributed by atoms with van der Waals surface area (Å²) in [5, 5.41) is 15.0. The second kappa shape index (κ2) is 7.10. The molecule has 27 heavy (non-hydrogen) atoms. The molecule has 4 nitrogen and oxygen atoms in total. The zero-order valence-corrected chi connectivity index (χ0v) is 17.9. The molecular formula is C20H26Cl2N2O2S. The molecule has 4 bridgehead atoms. The van der Waals surface area contributed by atoms with E-state index in [1.807, 2.05) is 26.0 Å². The minimum atomic E-state index is -0.762. The van der Waals surface area contributed by atoms with Gasteiger partial charge in [0.05, 0.1) is 15.6 Å². The Kier molecular flexibility index (Phi) is 5.22. The smallest absolute Gasteiger partial charge is 0.240 e. The Hall–Kier alpha value is -0.460. The first-order valence-electron chi connectivity index (χ1n) is 9.58. The third-order valence-corrected chi connectivity index (χ3v) is 8.54. The van der Waals surface area contributed by atoms with E-state index in [4.69, 9.17) is 23.2 Å². The fourth-order valence-corrected chi connectivity index (χ4v) is 6.62. The summed E-state index contributed by atoms with van der Waals surface area (Å²) in [6.45, 7) is 3.74. The quantitative estimate of drug-likeness (QED) is 0.607. The summed E-state index contributed by atoms with van der Waals surface area (Å²) in [5.41, 5.74) is -1.24. The number of aliphatic hydroxyl groups is 1. The average molecular weight is 429 g/mol. The first kappa shape index (κ1) is 19.8. The van der Waals surface area contributed by atoms with Crippen molar-refractivity contribution in [2.75, 3.05) is 0 Å². The molecule has 0 spiro atoms. The number of halogens is 2. The summed E-state index contributed by atoms with van der Waals surface area (Å²) < 4.78 is 3.24. The van der Waals surface area contributed by atoms with Gasteiger partial charge in [-0.2, -0.15) is 0 Å². The highest BCUT2D eigenvalue weighted by atomic mass is 35.5. The molecule has 4 aliphatic carbocycles. The summed E-state index contributed by atoms with van der Waals surface area (Å²) in [7, 11) is 0. The molecule has 1 aromatic carbocycles. The van der Waals surface area contributed by atoms with Crippen LogP contribution in [0.4, 0.5) is 0 Å². The van der Waals surface area contributed by atoms with Crippen molar-refractivity contribution in [3.8, 4) is 0 Å². The van der Waals surface area contributed by atoms with Crippen LogP contribution in [0.3, 0.4) is 0 Å². The molecule has 148 valence electrons. The summed E-state index contributed by atoms with van der Waals surface area (Å²) >= 11 is 13.6. The molecule has 2 unspecified atom stereocenters. The zero-order chi connectivity index (χ0) is 19.4. The van der Waals surface area contributed by atoms with E-state index in [2.05, 4.69) is 10.0 Å². The van der Waals surface area contributed by atoms with E-state index in [9.17, 15) is 9.90 Å². The van der Waals surface area contributed by atoms with Crippen LogP contribution in [0, 0.1) is 17.8 Å². The molecule has 7 heteroatoms. The Morgan fingerprint density at radius 2 is 1.89 bits per heavy atom. The molecule has 0 aromatic heterocycles. The van der Waals surface area contributed by atoms with Crippen molar-refractivity contribution in [2.45, 2.75) is 68.0 Å². The molecule has 4 fully saturated rings. The van der Waals surface area contributed by atoms with Crippen LogP contribution in [0.1, 0.15) is 46.0 Å². The van der Waals surface area contributed by atoms with Gasteiger partial charge in [0.25, 0.3) is 0 Å².